The lowest BCUT2D eigenvalue weighted by molar-refractivity contribution is -0.143. The molecule has 0 saturated carbocycles. The topological polar surface area (TPSA) is 56.3 Å². The number of aryl methyl sites for hydroxylation is 5. The van der Waals surface area contributed by atoms with Crippen LogP contribution in [0.5, 0.6) is 0 Å². The number of aromatic nitrogens is 1. The van der Waals surface area contributed by atoms with E-state index in [0.717, 1.165) is 58.8 Å². The van der Waals surface area contributed by atoms with E-state index in [1.807, 2.05) is 44.2 Å². The number of nitrogens with zero attached hydrogens (tertiary/aromatic N) is 1. The molecule has 3 aromatic heterocycles. The Morgan fingerprint density at radius 3 is 2.22 bits per heavy atom. The number of ether oxygens (including phenoxy) is 1. The number of rotatable bonds is 9. The van der Waals surface area contributed by atoms with Gasteiger partial charge in [0, 0.05) is 36.6 Å². The van der Waals surface area contributed by atoms with E-state index >= 15 is 0 Å². The van der Waals surface area contributed by atoms with E-state index in [9.17, 15) is 9.59 Å². The Bertz CT molecular complexity index is 1460. The van der Waals surface area contributed by atoms with Crippen molar-refractivity contribution in [2.45, 2.75) is 53.9 Å². The molecule has 0 saturated heterocycles. The van der Waals surface area contributed by atoms with Gasteiger partial charge in [-0.05, 0) is 70.4 Å². The van der Waals surface area contributed by atoms with E-state index in [4.69, 9.17) is 9.72 Å². The maximum Gasteiger partial charge on any atom is 0.306 e. The van der Waals surface area contributed by atoms with Crippen molar-refractivity contribution in [2.75, 3.05) is 6.61 Å². The Labute approximate surface area is 230 Å². The molecule has 7 heteroatoms. The maximum atomic E-state index is 13.0. The van der Waals surface area contributed by atoms with Gasteiger partial charge in [-0.25, -0.2) is 4.98 Å². The first-order chi connectivity index (χ1) is 17.7. The molecule has 1 atom stereocenters. The highest BCUT2D eigenvalue weighted by molar-refractivity contribution is 7.16. The van der Waals surface area contributed by atoms with Gasteiger partial charge < -0.3 is 4.74 Å². The molecule has 0 amide bonds. The van der Waals surface area contributed by atoms with E-state index in [1.165, 1.54) is 16.2 Å². The van der Waals surface area contributed by atoms with Crippen LogP contribution in [0.2, 0.25) is 0 Å². The fourth-order valence-corrected chi connectivity index (χ4v) is 7.78. The second-order valence-electron chi connectivity index (χ2n) is 9.00. The maximum absolute atomic E-state index is 13.0. The predicted molar refractivity (Wildman–Crippen MR) is 157 cm³/mol. The molecule has 0 spiro atoms. The van der Waals surface area contributed by atoms with Crippen LogP contribution in [0.1, 0.15) is 60.5 Å². The van der Waals surface area contributed by atoms with E-state index in [-0.39, 0.29) is 18.3 Å². The first-order valence-corrected chi connectivity index (χ1v) is 14.7. The zero-order valence-electron chi connectivity index (χ0n) is 22.0. The van der Waals surface area contributed by atoms with Crippen LogP contribution in [0.3, 0.4) is 0 Å². The summed E-state index contributed by atoms with van der Waals surface area (Å²) in [5.41, 5.74) is 5.37. The number of carbonyl (C=O) groups is 2. The van der Waals surface area contributed by atoms with Crippen LogP contribution in [-0.4, -0.2) is 23.8 Å². The molecular weight excluding hydrogens is 519 g/mol. The number of carbonyl (C=O) groups excluding carboxylic acids is 2. The van der Waals surface area contributed by atoms with Crippen molar-refractivity contribution in [3.8, 4) is 10.6 Å². The Kier molecular flexibility index (Phi) is 8.57. The third-order valence-electron chi connectivity index (χ3n) is 6.28. The SMILES string of the molecule is CCOC(=O)CC(C(=C(C=O)c1sc(-c2ccccc2)nc1C)c1cc(C)sc1C)c1cc(C)sc1C. The first-order valence-electron chi connectivity index (χ1n) is 12.3. The summed E-state index contributed by atoms with van der Waals surface area (Å²) < 4.78 is 5.41. The lowest BCUT2D eigenvalue weighted by Gasteiger charge is -2.23. The van der Waals surface area contributed by atoms with Gasteiger partial charge in [-0.3, -0.25) is 9.59 Å². The molecule has 4 rings (SSSR count). The van der Waals surface area contributed by atoms with Gasteiger partial charge in [0.2, 0.25) is 0 Å². The van der Waals surface area contributed by atoms with E-state index in [0.29, 0.717) is 12.2 Å². The molecule has 0 fully saturated rings. The van der Waals surface area contributed by atoms with Gasteiger partial charge in [-0.1, -0.05) is 30.3 Å². The number of thiophene rings is 2. The molecule has 192 valence electrons. The number of esters is 1. The molecule has 0 aliphatic carbocycles. The standard InChI is InChI=1S/C30H31NO3S3/c1-7-34-27(33)15-25(23-13-17(2)35-20(23)5)28(24-14-18(3)36-21(24)6)26(16-32)29-19(4)31-30(37-29)22-11-9-8-10-12-22/h8-14,16,25H,7,15H2,1-6H3. The molecule has 3 heterocycles. The van der Waals surface area contributed by atoms with Crippen molar-refractivity contribution in [3.63, 3.8) is 0 Å². The van der Waals surface area contributed by atoms with Crippen LogP contribution in [-0.2, 0) is 14.3 Å². The van der Waals surface area contributed by atoms with Crippen molar-refractivity contribution in [2.24, 2.45) is 0 Å². The zero-order valence-corrected chi connectivity index (χ0v) is 24.5. The van der Waals surface area contributed by atoms with Crippen LogP contribution >= 0.6 is 34.0 Å². The highest BCUT2D eigenvalue weighted by atomic mass is 32.1. The molecule has 0 bridgehead atoms. The molecule has 1 aromatic carbocycles. The normalized spacial score (nSPS) is 12.8. The average Bonchev–Trinajstić information content (AvgIpc) is 3.52. The third-order valence-corrected chi connectivity index (χ3v) is 9.47. The molecule has 0 N–H and O–H groups in total. The van der Waals surface area contributed by atoms with Crippen molar-refractivity contribution in [1.29, 1.82) is 0 Å². The number of hydrogen-bond acceptors (Lipinski definition) is 7. The summed E-state index contributed by atoms with van der Waals surface area (Å²) in [6.45, 7) is 12.4. The van der Waals surface area contributed by atoms with Gasteiger partial charge in [0.25, 0.3) is 0 Å². The van der Waals surface area contributed by atoms with Crippen LogP contribution < -0.4 is 0 Å². The molecular formula is C30H31NO3S3. The van der Waals surface area contributed by atoms with Gasteiger partial charge in [0.15, 0.2) is 6.29 Å². The van der Waals surface area contributed by atoms with Crippen molar-refractivity contribution in [3.05, 3.63) is 83.7 Å². The van der Waals surface area contributed by atoms with Crippen LogP contribution in [0.15, 0.2) is 42.5 Å². The summed E-state index contributed by atoms with van der Waals surface area (Å²) in [4.78, 5) is 36.2. The van der Waals surface area contributed by atoms with Gasteiger partial charge >= 0.3 is 5.97 Å². The highest BCUT2D eigenvalue weighted by Gasteiger charge is 2.31. The summed E-state index contributed by atoms with van der Waals surface area (Å²) in [5, 5.41) is 0.870. The predicted octanol–water partition coefficient (Wildman–Crippen LogP) is 8.32. The molecule has 0 aliphatic rings. The zero-order chi connectivity index (χ0) is 26.7. The molecule has 0 radical (unpaired) electrons. The van der Waals surface area contributed by atoms with Crippen LogP contribution in [0.4, 0.5) is 0 Å². The quantitative estimate of drug-likeness (QED) is 0.120. The Hall–Kier alpha value is -2.87. The summed E-state index contributed by atoms with van der Waals surface area (Å²) in [7, 11) is 0. The number of allylic oxidation sites excluding steroid dienone is 2. The van der Waals surface area contributed by atoms with Gasteiger partial charge in [-0.2, -0.15) is 0 Å². The summed E-state index contributed by atoms with van der Waals surface area (Å²) in [6, 6.07) is 14.3. The monoisotopic (exact) mass is 549 g/mol. The van der Waals surface area contributed by atoms with Crippen molar-refractivity contribution >= 4 is 57.4 Å². The van der Waals surface area contributed by atoms with Gasteiger partial charge in [0.05, 0.1) is 23.6 Å². The highest BCUT2D eigenvalue weighted by Crippen LogP contribution is 2.47. The molecule has 4 aromatic rings. The van der Waals surface area contributed by atoms with Crippen molar-refractivity contribution in [1.82, 2.24) is 4.98 Å². The van der Waals surface area contributed by atoms with E-state index in [1.54, 1.807) is 22.7 Å². The van der Waals surface area contributed by atoms with Crippen LogP contribution in [0, 0.1) is 34.6 Å². The van der Waals surface area contributed by atoms with E-state index < -0.39 is 0 Å². The fourth-order valence-electron chi connectivity index (χ4n) is 4.76. The minimum absolute atomic E-state index is 0.162. The second-order valence-corrected chi connectivity index (χ2v) is 12.9. The minimum atomic E-state index is -0.321. The lowest BCUT2D eigenvalue weighted by atomic mass is 9.81. The molecule has 4 nitrogen and oxygen atoms in total. The summed E-state index contributed by atoms with van der Waals surface area (Å²) in [6.07, 6.45) is 1.11. The summed E-state index contributed by atoms with van der Waals surface area (Å²) >= 11 is 4.93. The van der Waals surface area contributed by atoms with Gasteiger partial charge in [0.1, 0.15) is 5.01 Å². The second kappa shape index (κ2) is 11.7. The first kappa shape index (κ1) is 27.2. The number of aldehydes is 1. The Morgan fingerprint density at radius 1 is 0.973 bits per heavy atom. The summed E-state index contributed by atoms with van der Waals surface area (Å²) in [5.74, 6) is -0.590. The average molecular weight is 550 g/mol. The lowest BCUT2D eigenvalue weighted by Crippen LogP contribution is -2.14. The minimum Gasteiger partial charge on any atom is -0.466 e. The third kappa shape index (κ3) is 5.84. The smallest absolute Gasteiger partial charge is 0.306 e. The Balaban J connectivity index is 2.02. The van der Waals surface area contributed by atoms with E-state index in [2.05, 4.69) is 39.8 Å². The largest absolute Gasteiger partial charge is 0.466 e. The molecule has 0 aliphatic heterocycles. The fraction of sp³-hybridized carbons (Fsp3) is 0.300. The van der Waals surface area contributed by atoms with Crippen molar-refractivity contribution < 1.29 is 14.3 Å². The Morgan fingerprint density at radius 2 is 1.65 bits per heavy atom. The number of benzene rings is 1. The van der Waals surface area contributed by atoms with Gasteiger partial charge in [-0.15, -0.1) is 34.0 Å². The number of hydrogen-bond donors (Lipinski definition) is 0. The number of thiazole rings is 1. The molecule has 37 heavy (non-hydrogen) atoms. The van der Waals surface area contributed by atoms with Crippen LogP contribution in [0.25, 0.3) is 21.7 Å². The molecule has 1 unspecified atom stereocenters.